The highest BCUT2D eigenvalue weighted by atomic mass is 35.5. The van der Waals surface area contributed by atoms with Gasteiger partial charge < -0.3 is 10.2 Å². The maximum absolute atomic E-state index is 12.8. The van der Waals surface area contributed by atoms with E-state index in [2.05, 4.69) is 28.4 Å². The van der Waals surface area contributed by atoms with Crippen LogP contribution in [0.3, 0.4) is 0 Å². The number of hydrogen-bond donors (Lipinski definition) is 1. The van der Waals surface area contributed by atoms with E-state index in [1.54, 1.807) is 19.3 Å². The van der Waals surface area contributed by atoms with E-state index in [-0.39, 0.29) is 17.6 Å². The van der Waals surface area contributed by atoms with Crippen molar-refractivity contribution in [2.24, 2.45) is 11.8 Å². The molecule has 1 aromatic carbocycles. The number of likely N-dealkylation sites (tertiary alicyclic amines) is 1. The summed E-state index contributed by atoms with van der Waals surface area (Å²) in [6, 6.07) is 9.89. The molecule has 2 aliphatic rings. The molecule has 1 aliphatic carbocycles. The SMILES string of the molecule is CNC(=O)c1ccn(C(=O)N2C[C@H]3C[C@@H](N(C)Cc4ccccc4Cl)C[C@H]3C2)n1. The first-order valence-corrected chi connectivity index (χ1v) is 10.3. The topological polar surface area (TPSA) is 70.5 Å². The van der Waals surface area contributed by atoms with Gasteiger partial charge >= 0.3 is 6.03 Å². The number of nitrogens with zero attached hydrogens (tertiary/aromatic N) is 4. The van der Waals surface area contributed by atoms with Crippen LogP contribution in [0.15, 0.2) is 36.5 Å². The number of halogens is 1. The third-order valence-electron chi connectivity index (χ3n) is 6.24. The molecule has 0 bridgehead atoms. The van der Waals surface area contributed by atoms with Crippen LogP contribution in [0.1, 0.15) is 28.9 Å². The van der Waals surface area contributed by atoms with Gasteiger partial charge in [0.2, 0.25) is 0 Å². The van der Waals surface area contributed by atoms with E-state index < -0.39 is 0 Å². The van der Waals surface area contributed by atoms with Crippen molar-refractivity contribution in [3.63, 3.8) is 0 Å². The fourth-order valence-electron chi connectivity index (χ4n) is 4.63. The molecule has 1 aromatic heterocycles. The summed E-state index contributed by atoms with van der Waals surface area (Å²) in [6.45, 7) is 2.33. The first-order valence-electron chi connectivity index (χ1n) is 9.97. The van der Waals surface area contributed by atoms with Crippen LogP contribution >= 0.6 is 11.6 Å². The fraction of sp³-hybridized carbons (Fsp3) is 0.476. The van der Waals surface area contributed by atoms with E-state index in [4.69, 9.17) is 11.6 Å². The summed E-state index contributed by atoms with van der Waals surface area (Å²) in [5, 5.41) is 7.44. The lowest BCUT2D eigenvalue weighted by Crippen LogP contribution is -2.36. The zero-order valence-electron chi connectivity index (χ0n) is 16.7. The Labute approximate surface area is 175 Å². The predicted molar refractivity (Wildman–Crippen MR) is 111 cm³/mol. The monoisotopic (exact) mass is 415 g/mol. The molecule has 0 unspecified atom stereocenters. The van der Waals surface area contributed by atoms with Gasteiger partial charge in [-0.2, -0.15) is 9.78 Å². The second kappa shape index (κ2) is 8.16. The Morgan fingerprint density at radius 3 is 2.55 bits per heavy atom. The van der Waals surface area contributed by atoms with Crippen molar-refractivity contribution in [2.75, 3.05) is 27.2 Å². The zero-order valence-corrected chi connectivity index (χ0v) is 17.5. The Balaban J connectivity index is 1.34. The average Bonchev–Trinajstić information content (AvgIpc) is 3.43. The summed E-state index contributed by atoms with van der Waals surface area (Å²) in [7, 11) is 3.70. The highest BCUT2D eigenvalue weighted by Gasteiger charge is 2.43. The molecule has 2 amide bonds. The molecule has 3 atom stereocenters. The Hall–Kier alpha value is -2.38. The second-order valence-electron chi connectivity index (χ2n) is 8.06. The summed E-state index contributed by atoms with van der Waals surface area (Å²) >= 11 is 6.31. The lowest BCUT2D eigenvalue weighted by Gasteiger charge is -2.26. The first kappa shape index (κ1) is 19.9. The molecule has 29 heavy (non-hydrogen) atoms. The highest BCUT2D eigenvalue weighted by Crippen LogP contribution is 2.40. The van der Waals surface area contributed by atoms with Crippen molar-refractivity contribution in [1.82, 2.24) is 24.9 Å². The van der Waals surface area contributed by atoms with E-state index in [9.17, 15) is 9.59 Å². The maximum atomic E-state index is 12.8. The van der Waals surface area contributed by atoms with Crippen LogP contribution in [-0.2, 0) is 6.54 Å². The van der Waals surface area contributed by atoms with Crippen molar-refractivity contribution < 1.29 is 9.59 Å². The summed E-state index contributed by atoms with van der Waals surface area (Å²) in [5.74, 6) is 0.720. The van der Waals surface area contributed by atoms with Gasteiger partial charge in [-0.3, -0.25) is 9.69 Å². The molecule has 2 heterocycles. The van der Waals surface area contributed by atoms with Gasteiger partial charge in [0.25, 0.3) is 5.91 Å². The van der Waals surface area contributed by atoms with E-state index in [0.29, 0.717) is 17.9 Å². The Morgan fingerprint density at radius 1 is 1.21 bits per heavy atom. The summed E-state index contributed by atoms with van der Waals surface area (Å²) in [6.07, 6.45) is 3.72. The number of rotatable bonds is 4. The van der Waals surface area contributed by atoms with Crippen LogP contribution in [0.5, 0.6) is 0 Å². The second-order valence-corrected chi connectivity index (χ2v) is 8.47. The number of aromatic nitrogens is 2. The van der Waals surface area contributed by atoms with E-state index in [1.807, 2.05) is 23.1 Å². The molecule has 8 heteroatoms. The van der Waals surface area contributed by atoms with Gasteiger partial charge in [-0.15, -0.1) is 0 Å². The molecule has 4 rings (SSSR count). The fourth-order valence-corrected chi connectivity index (χ4v) is 4.83. The molecule has 1 N–H and O–H groups in total. The molecule has 1 saturated heterocycles. The van der Waals surface area contributed by atoms with Gasteiger partial charge in [-0.25, -0.2) is 4.79 Å². The minimum Gasteiger partial charge on any atom is -0.354 e. The molecule has 0 spiro atoms. The maximum Gasteiger partial charge on any atom is 0.344 e. The number of benzene rings is 1. The molecule has 2 fully saturated rings. The highest BCUT2D eigenvalue weighted by molar-refractivity contribution is 6.31. The van der Waals surface area contributed by atoms with Crippen LogP contribution in [0.2, 0.25) is 5.02 Å². The van der Waals surface area contributed by atoms with Crippen LogP contribution in [0.25, 0.3) is 0 Å². The Bertz CT molecular complexity index is 900. The van der Waals surface area contributed by atoms with Crippen molar-refractivity contribution in [3.05, 3.63) is 52.8 Å². The van der Waals surface area contributed by atoms with Gasteiger partial charge in [0.15, 0.2) is 5.69 Å². The molecule has 154 valence electrons. The summed E-state index contributed by atoms with van der Waals surface area (Å²) < 4.78 is 1.27. The average molecular weight is 416 g/mol. The molecular formula is C21H26ClN5O2. The number of carbonyl (C=O) groups is 2. The Morgan fingerprint density at radius 2 is 1.90 bits per heavy atom. The summed E-state index contributed by atoms with van der Waals surface area (Å²) in [5.41, 5.74) is 1.40. The third-order valence-corrected chi connectivity index (χ3v) is 6.61. The molecule has 7 nitrogen and oxygen atoms in total. The zero-order chi connectivity index (χ0) is 20.5. The van der Waals surface area contributed by atoms with Crippen molar-refractivity contribution in [1.29, 1.82) is 0 Å². The number of amides is 2. The lowest BCUT2D eigenvalue weighted by atomic mass is 10.0. The van der Waals surface area contributed by atoms with Crippen molar-refractivity contribution >= 4 is 23.5 Å². The standard InChI is InChI=1S/C21H26ClN5O2/c1-23-20(28)19-7-8-27(24-19)21(29)26-12-15-9-17(10-16(15)13-26)25(2)11-14-5-3-4-6-18(14)22/h3-8,15-17H,9-13H2,1-2H3,(H,23,28)/t15-,16+,17-. The molecule has 2 aromatic rings. The van der Waals surface area contributed by atoms with E-state index in [1.165, 1.54) is 4.68 Å². The number of nitrogens with one attached hydrogen (secondary N) is 1. The summed E-state index contributed by atoms with van der Waals surface area (Å²) in [4.78, 5) is 28.7. The van der Waals surface area contributed by atoms with Gasteiger partial charge in [0.1, 0.15) is 0 Å². The minimum atomic E-state index is -0.292. The van der Waals surface area contributed by atoms with Crippen molar-refractivity contribution in [2.45, 2.75) is 25.4 Å². The van der Waals surface area contributed by atoms with Gasteiger partial charge in [-0.05, 0) is 49.4 Å². The van der Waals surface area contributed by atoms with Crippen LogP contribution in [-0.4, -0.2) is 64.7 Å². The van der Waals surface area contributed by atoms with Crippen LogP contribution in [0, 0.1) is 11.8 Å². The van der Waals surface area contributed by atoms with E-state index >= 15 is 0 Å². The lowest BCUT2D eigenvalue weighted by molar-refractivity contribution is 0.0957. The predicted octanol–water partition coefficient (Wildman–Crippen LogP) is 2.71. The van der Waals surface area contributed by atoms with Gasteiger partial charge in [0, 0.05) is 43.9 Å². The minimum absolute atomic E-state index is 0.157. The normalized spacial score (nSPS) is 23.4. The van der Waals surface area contributed by atoms with Crippen molar-refractivity contribution in [3.8, 4) is 0 Å². The van der Waals surface area contributed by atoms with Gasteiger partial charge in [-0.1, -0.05) is 29.8 Å². The Kier molecular flexibility index (Phi) is 5.61. The molecule has 1 saturated carbocycles. The number of carbonyl (C=O) groups excluding carboxylic acids is 2. The van der Waals surface area contributed by atoms with Gasteiger partial charge in [0.05, 0.1) is 0 Å². The number of hydrogen-bond acceptors (Lipinski definition) is 4. The van der Waals surface area contributed by atoms with Crippen LogP contribution < -0.4 is 5.32 Å². The first-order chi connectivity index (χ1) is 14.0. The molecule has 1 aliphatic heterocycles. The molecular weight excluding hydrogens is 390 g/mol. The number of fused-ring (bicyclic) bond motifs is 1. The molecule has 0 radical (unpaired) electrons. The quantitative estimate of drug-likeness (QED) is 0.833. The van der Waals surface area contributed by atoms with E-state index in [0.717, 1.165) is 43.1 Å². The third kappa shape index (κ3) is 4.02. The van der Waals surface area contributed by atoms with Crippen LogP contribution in [0.4, 0.5) is 4.79 Å². The largest absolute Gasteiger partial charge is 0.354 e. The smallest absolute Gasteiger partial charge is 0.344 e.